The van der Waals surface area contributed by atoms with Gasteiger partial charge in [0, 0.05) is 37.0 Å². The summed E-state index contributed by atoms with van der Waals surface area (Å²) in [6.07, 6.45) is 12.8. The number of Topliss-reactive ketones (excluding diaryl/α,β-unsaturated/α-hetero) is 1. The summed E-state index contributed by atoms with van der Waals surface area (Å²) in [7, 11) is -8.13. The van der Waals surface area contributed by atoms with Gasteiger partial charge in [-0.2, -0.15) is 26.0 Å². The van der Waals surface area contributed by atoms with Crippen LogP contribution in [0, 0.1) is 77.6 Å². The minimum absolute atomic E-state index is 0. The molecular formula is C67H93NaO18. The van der Waals surface area contributed by atoms with Crippen LogP contribution in [0.25, 0.3) is 0 Å². The van der Waals surface area contributed by atoms with Crippen molar-refractivity contribution in [1.29, 1.82) is 0 Å². The molecule has 18 rings (SSSR count). The molecule has 18 nitrogen and oxygen atoms in total. The quantitative estimate of drug-likeness (QED) is 0.0649. The fraction of sp³-hybridized carbons (Fsp3) is 0.672. The summed E-state index contributed by atoms with van der Waals surface area (Å²) in [6, 6.07) is 18.4. The van der Waals surface area contributed by atoms with Crippen LogP contribution in [0.2, 0.25) is 0 Å². The topological polar surface area (TPSA) is 252 Å². The smallest absolute Gasteiger partial charge is 0.516 e. The number of aromatic hydroxyl groups is 2. The molecule has 3 aromatic carbocycles. The Labute approximate surface area is 542 Å². The first-order valence-electron chi connectivity index (χ1n) is 35.2. The summed E-state index contributed by atoms with van der Waals surface area (Å²) in [6.45, 7) is 14.3. The molecule has 5 N–H and O–H groups in total. The molecule has 3 unspecified atom stereocenters. The van der Waals surface area contributed by atoms with Gasteiger partial charge in [-0.1, -0.05) is 78.8 Å². The van der Waals surface area contributed by atoms with Crippen molar-refractivity contribution in [3.05, 3.63) is 96.1 Å². The first-order chi connectivity index (χ1) is 44.4. The number of ketones is 1. The largest absolute Gasteiger partial charge is 1.00 e. The first kappa shape index (κ1) is 57.3. The molecule has 2 spiro atoms. The molecule has 0 amide bonds. The molecule has 12 saturated carbocycles. The molecule has 3 heterocycles. The molecule has 86 heavy (non-hydrogen) atoms. The van der Waals surface area contributed by atoms with Crippen molar-refractivity contribution in [2.45, 2.75) is 192 Å². The van der Waals surface area contributed by atoms with Gasteiger partial charge in [0.15, 0.2) is 17.5 Å². The summed E-state index contributed by atoms with van der Waals surface area (Å²) in [5.74, 6) is 2.92. The van der Waals surface area contributed by atoms with Crippen molar-refractivity contribution >= 4 is 17.9 Å². The van der Waals surface area contributed by atoms with E-state index >= 15 is 0 Å². The minimum Gasteiger partial charge on any atom is -0.516 e. The van der Waals surface area contributed by atoms with E-state index in [0.717, 1.165) is 75.9 Å². The molecule has 0 radical (unpaired) electrons. The number of aliphatic hydroxyl groups is 3. The van der Waals surface area contributed by atoms with Crippen molar-refractivity contribution in [2.75, 3.05) is 21.1 Å². The zero-order valence-corrected chi connectivity index (χ0v) is 52.8. The molecule has 12 bridgehead atoms. The monoisotopic (exact) mass is 1220 g/mol. The van der Waals surface area contributed by atoms with E-state index in [0.29, 0.717) is 52.4 Å². The second-order valence-corrected chi connectivity index (χ2v) is 24.7. The predicted molar refractivity (Wildman–Crippen MR) is 309 cm³/mol. The maximum Gasteiger partial charge on any atom is 1.00 e. The van der Waals surface area contributed by atoms with Gasteiger partial charge >= 0.3 is 41.7 Å². The van der Waals surface area contributed by atoms with Crippen LogP contribution in [0.15, 0.2) is 72.8 Å². The van der Waals surface area contributed by atoms with Gasteiger partial charge in [0.2, 0.25) is 0 Å². The molecule has 15 fully saturated rings. The second-order valence-electron chi connectivity index (χ2n) is 24.7. The summed E-state index contributed by atoms with van der Waals surface area (Å²) < 4.78 is 93.6. The minimum atomic E-state index is -2.76. The summed E-state index contributed by atoms with van der Waals surface area (Å²) in [4.78, 5) is 61.8. The average Bonchev–Trinajstić information content (AvgIpc) is 0.676. The molecule has 3 aliphatic heterocycles. The fourth-order valence-electron chi connectivity index (χ4n) is 17.3. The van der Waals surface area contributed by atoms with Crippen molar-refractivity contribution in [1.82, 2.24) is 0 Å². The van der Waals surface area contributed by atoms with Crippen LogP contribution in [0.5, 0.6) is 17.2 Å². The standard InChI is InChI=1S/C24H31O8.C18H22O4.C10H14O.C8H8O3.3C2H6.CO2.Na/c1-22(27)12-29-21(19(25)20(22)26)30-18-5-3-4-15(11-18)24(28-2)23(31-32-24)16-7-13-6-14(9-16)10-17(23)8-13;1-20-18(13-3-2-4-16(19)10-13)17(21-22-18)14-6-11-5-12(8-14)9-15(17)7-11;11-10-8-2-6-1-7(4-8)5-9(10)3-6;1-11-8(10)6-3-2-4-7(9)5-6;3*1-2;2-1-3;/h3-5,11-14,16-17,19-21,25-27H,6-10H2,1-2H3;2-4,10-12,14-15,19H,5-9H2,1H3;6-9H,1-5H2;2-5,9H,1H3;3*1-2H3;;/q-1;;;;;;;;+1/t13?,14?,16?,17?,19?,20-,21+,22-,23?,24?;;;;;;;;/m1......../s1/i2D3;1D3;;1D3;;;;;. The van der Waals surface area contributed by atoms with Crippen molar-refractivity contribution in [3.63, 3.8) is 0 Å². The van der Waals surface area contributed by atoms with Gasteiger partial charge in [-0.3, -0.25) is 4.79 Å². The Morgan fingerprint density at radius 2 is 1.00 bits per heavy atom. The molecule has 3 aromatic rings. The maximum atomic E-state index is 11.6. The zero-order chi connectivity index (χ0) is 69.1. The Morgan fingerprint density at radius 3 is 1.40 bits per heavy atom. The molecule has 6 atom stereocenters. The maximum absolute atomic E-state index is 11.6. The molecule has 19 heteroatoms. The molecule has 15 aliphatic rings. The molecule has 3 saturated heterocycles. The molecule has 12 aliphatic carbocycles. The average molecular weight is 1220 g/mol. The normalized spacial score (nSPS) is 42.0. The van der Waals surface area contributed by atoms with E-state index in [-0.39, 0.29) is 82.2 Å². The van der Waals surface area contributed by atoms with Gasteiger partial charge in [-0.15, -0.1) is 0 Å². The third-order valence-corrected chi connectivity index (χ3v) is 20.1. The fourth-order valence-corrected chi connectivity index (χ4v) is 17.3. The van der Waals surface area contributed by atoms with Crippen LogP contribution in [-0.4, -0.2) is 99.9 Å². The Morgan fingerprint density at radius 1 is 0.593 bits per heavy atom. The van der Waals surface area contributed by atoms with Crippen LogP contribution < -0.4 is 34.3 Å². The SMILES string of the molecule is CC.CC.CC.O=C1C2CC3CC(C2)CC1C3.O=C=O.[2H]C([2H])([2H])OC(=O)c1cccc(O)c1.[2H]C([2H])([2H])OC1(c2cccc(O)c2)OOC12C1CC3CC(C1)CC2C3.[2H]C([2H])([2H])OC1(c2cccc(O[C@@H]3O[CH-][C@@](C)(O)[C@H](O)C3O)c2)OOC12C1CC3CC(C1)CC2C3.[Na+]. The van der Waals surface area contributed by atoms with Crippen LogP contribution >= 0.6 is 0 Å². The van der Waals surface area contributed by atoms with E-state index in [1.807, 2.05) is 41.5 Å². The number of methoxy groups -OCH3 is 3. The number of carbonyl (C=O) groups excluding carboxylic acids is 4. The van der Waals surface area contributed by atoms with Crippen molar-refractivity contribution in [3.8, 4) is 17.2 Å². The Balaban J connectivity index is 0.000000185. The van der Waals surface area contributed by atoms with Gasteiger partial charge in [-0.05, 0) is 204 Å². The number of phenols is 2. The zero-order valence-electron chi connectivity index (χ0n) is 59.8. The number of ether oxygens (including phenoxy) is 5. The van der Waals surface area contributed by atoms with Crippen LogP contribution in [-0.2, 0) is 64.5 Å². The second kappa shape index (κ2) is 29.4. The van der Waals surface area contributed by atoms with Crippen molar-refractivity contribution in [2.24, 2.45) is 71.0 Å². The number of rotatable bonds is 7. The summed E-state index contributed by atoms with van der Waals surface area (Å²) in [5, 5.41) is 49.6. The van der Waals surface area contributed by atoms with Gasteiger partial charge in [0.1, 0.15) is 29.1 Å². The number of benzene rings is 3. The molecule has 0 aromatic heterocycles. The van der Waals surface area contributed by atoms with E-state index in [1.165, 1.54) is 76.1 Å². The van der Waals surface area contributed by atoms with Crippen LogP contribution in [0.3, 0.4) is 0 Å². The van der Waals surface area contributed by atoms with Gasteiger partial charge in [-0.25, -0.2) is 14.6 Å². The van der Waals surface area contributed by atoms with E-state index in [4.69, 9.17) is 65.5 Å². The number of hydrogen-bond acceptors (Lipinski definition) is 18. The number of aliphatic hydroxyl groups excluding tert-OH is 2. The first-order valence-corrected chi connectivity index (χ1v) is 30.7. The number of hydrogen-bond donors (Lipinski definition) is 5. The Kier molecular flexibility index (Phi) is 19.6. The van der Waals surface area contributed by atoms with Crippen molar-refractivity contribution < 1.29 is 130 Å². The third kappa shape index (κ3) is 12.8. The van der Waals surface area contributed by atoms with E-state index in [1.54, 1.807) is 42.5 Å². The molecule has 470 valence electrons. The third-order valence-electron chi connectivity index (χ3n) is 20.1. The van der Waals surface area contributed by atoms with E-state index < -0.39 is 74.0 Å². The van der Waals surface area contributed by atoms with Gasteiger partial charge in [0.25, 0.3) is 11.6 Å². The van der Waals surface area contributed by atoms with E-state index in [2.05, 4.69) is 4.74 Å². The van der Waals surface area contributed by atoms with Gasteiger partial charge in [0.05, 0.1) is 31.0 Å². The van der Waals surface area contributed by atoms with Gasteiger partial charge < -0.3 is 49.2 Å². The summed E-state index contributed by atoms with van der Waals surface area (Å²) >= 11 is 0. The van der Waals surface area contributed by atoms with Crippen LogP contribution in [0.4, 0.5) is 0 Å². The predicted octanol–water partition coefficient (Wildman–Crippen LogP) is 8.05. The van der Waals surface area contributed by atoms with Crippen LogP contribution in [0.1, 0.15) is 179 Å². The Bertz CT molecular complexity index is 3000. The summed E-state index contributed by atoms with van der Waals surface area (Å²) in [5.41, 5.74) is -2.46. The Hall–Kier alpha value is -3.82. The molecular weight excluding hydrogens is 1120 g/mol. The number of phenolic OH excluding ortho intramolecular Hbond substituents is 2. The number of esters is 1. The number of carbonyl (C=O) groups is 2. The van der Waals surface area contributed by atoms with E-state index in [9.17, 15) is 30.0 Å².